The number of carbonyl (C=O) groups excluding carboxylic acids is 2. The Kier molecular flexibility index (Phi) is 8.68. The van der Waals surface area contributed by atoms with Gasteiger partial charge >= 0.3 is 0 Å². The SMILES string of the molecule is O=C(N[C@@H](Cc1ccccc1)C(=O)Nc1ccc(S(=O)(=O)NC2CCCCC2)cc1)c1ccc(F)cc1. The third kappa shape index (κ3) is 7.47. The number of halogens is 1. The standard InChI is InChI=1S/C28H30FN3O4S/c29-22-13-11-21(12-14-22)27(33)31-26(19-20-7-3-1-4-8-20)28(34)30-23-15-17-25(18-16-23)37(35,36)32-24-9-5-2-6-10-24/h1,3-4,7-8,11-18,24,26,32H,2,5-6,9-10,19H2,(H,30,34)(H,31,33)/t26-/m0/s1. The summed E-state index contributed by atoms with van der Waals surface area (Å²) >= 11 is 0. The molecule has 194 valence electrons. The third-order valence-corrected chi connectivity index (χ3v) is 7.91. The molecule has 1 fully saturated rings. The van der Waals surface area contributed by atoms with E-state index in [0.717, 1.165) is 37.7 Å². The van der Waals surface area contributed by atoms with Gasteiger partial charge in [-0.2, -0.15) is 0 Å². The maximum absolute atomic E-state index is 13.3. The molecule has 0 aromatic heterocycles. The van der Waals surface area contributed by atoms with Gasteiger partial charge in [0.15, 0.2) is 0 Å². The second-order valence-electron chi connectivity index (χ2n) is 9.19. The van der Waals surface area contributed by atoms with Crippen LogP contribution in [0.3, 0.4) is 0 Å². The number of carbonyl (C=O) groups is 2. The molecule has 3 N–H and O–H groups in total. The van der Waals surface area contributed by atoms with Gasteiger partial charge in [0, 0.05) is 23.7 Å². The van der Waals surface area contributed by atoms with Crippen LogP contribution in [0.25, 0.3) is 0 Å². The maximum Gasteiger partial charge on any atom is 0.251 e. The second-order valence-corrected chi connectivity index (χ2v) is 10.9. The highest BCUT2D eigenvalue weighted by atomic mass is 32.2. The zero-order valence-electron chi connectivity index (χ0n) is 20.3. The molecular formula is C28H30FN3O4S. The molecule has 0 aliphatic heterocycles. The fourth-order valence-electron chi connectivity index (χ4n) is 4.36. The molecule has 1 atom stereocenters. The van der Waals surface area contributed by atoms with Crippen molar-refractivity contribution in [2.75, 3.05) is 5.32 Å². The highest BCUT2D eigenvalue weighted by molar-refractivity contribution is 7.89. The van der Waals surface area contributed by atoms with Crippen molar-refractivity contribution in [1.29, 1.82) is 0 Å². The summed E-state index contributed by atoms with van der Waals surface area (Å²) < 4.78 is 41.5. The number of sulfonamides is 1. The third-order valence-electron chi connectivity index (χ3n) is 6.37. The molecule has 9 heteroatoms. The lowest BCUT2D eigenvalue weighted by Crippen LogP contribution is -2.45. The molecule has 37 heavy (non-hydrogen) atoms. The topological polar surface area (TPSA) is 104 Å². The van der Waals surface area contributed by atoms with E-state index in [2.05, 4.69) is 15.4 Å². The predicted octanol–water partition coefficient (Wildman–Crippen LogP) is 4.42. The molecule has 1 aliphatic rings. The van der Waals surface area contributed by atoms with E-state index in [9.17, 15) is 22.4 Å². The van der Waals surface area contributed by atoms with Gasteiger partial charge in [0.2, 0.25) is 15.9 Å². The number of rotatable bonds is 9. The van der Waals surface area contributed by atoms with Crippen LogP contribution < -0.4 is 15.4 Å². The van der Waals surface area contributed by atoms with Crippen LogP contribution in [0.2, 0.25) is 0 Å². The van der Waals surface area contributed by atoms with Crippen LogP contribution in [0, 0.1) is 5.82 Å². The molecule has 3 aromatic carbocycles. The average Bonchev–Trinajstić information content (AvgIpc) is 2.90. The molecule has 0 heterocycles. The van der Waals surface area contributed by atoms with E-state index in [1.54, 1.807) is 0 Å². The molecule has 0 spiro atoms. The summed E-state index contributed by atoms with van der Waals surface area (Å²) in [5.74, 6) is -1.43. The van der Waals surface area contributed by atoms with Gasteiger partial charge in [-0.05, 0) is 66.9 Å². The minimum Gasteiger partial charge on any atom is -0.340 e. The molecule has 0 bridgehead atoms. The van der Waals surface area contributed by atoms with Crippen LogP contribution >= 0.6 is 0 Å². The first-order valence-corrected chi connectivity index (χ1v) is 13.8. The first-order chi connectivity index (χ1) is 17.8. The summed E-state index contributed by atoms with van der Waals surface area (Å²) in [7, 11) is -3.66. The Morgan fingerprint density at radius 3 is 2.16 bits per heavy atom. The lowest BCUT2D eigenvalue weighted by Gasteiger charge is -2.22. The predicted molar refractivity (Wildman–Crippen MR) is 140 cm³/mol. The fourth-order valence-corrected chi connectivity index (χ4v) is 5.66. The van der Waals surface area contributed by atoms with Gasteiger partial charge in [0.1, 0.15) is 11.9 Å². The number of amides is 2. The van der Waals surface area contributed by atoms with Crippen molar-refractivity contribution in [3.05, 3.63) is 95.8 Å². The summed E-state index contributed by atoms with van der Waals surface area (Å²) in [4.78, 5) is 26.0. The quantitative estimate of drug-likeness (QED) is 0.386. The molecule has 1 aliphatic carbocycles. The lowest BCUT2D eigenvalue weighted by atomic mass is 9.96. The van der Waals surface area contributed by atoms with Crippen molar-refractivity contribution >= 4 is 27.5 Å². The van der Waals surface area contributed by atoms with Crippen molar-refractivity contribution in [1.82, 2.24) is 10.0 Å². The van der Waals surface area contributed by atoms with Crippen molar-refractivity contribution in [3.8, 4) is 0 Å². The molecule has 7 nitrogen and oxygen atoms in total. The Balaban J connectivity index is 1.45. The molecule has 2 amide bonds. The van der Waals surface area contributed by atoms with Crippen LogP contribution in [0.1, 0.15) is 48.0 Å². The van der Waals surface area contributed by atoms with Gasteiger partial charge in [-0.25, -0.2) is 17.5 Å². The van der Waals surface area contributed by atoms with Crippen molar-refractivity contribution in [3.63, 3.8) is 0 Å². The molecule has 0 saturated heterocycles. The largest absolute Gasteiger partial charge is 0.340 e. The number of anilines is 1. The van der Waals surface area contributed by atoms with Crippen LogP contribution in [-0.2, 0) is 21.2 Å². The molecule has 4 rings (SSSR count). The smallest absolute Gasteiger partial charge is 0.251 e. The van der Waals surface area contributed by atoms with Gasteiger partial charge < -0.3 is 10.6 Å². The zero-order valence-corrected chi connectivity index (χ0v) is 21.1. The molecule has 1 saturated carbocycles. The van der Waals surface area contributed by atoms with Crippen LogP contribution in [-0.4, -0.2) is 32.3 Å². The van der Waals surface area contributed by atoms with Crippen molar-refractivity contribution in [2.24, 2.45) is 0 Å². The van der Waals surface area contributed by atoms with E-state index in [-0.39, 0.29) is 22.9 Å². The van der Waals surface area contributed by atoms with Crippen LogP contribution in [0.5, 0.6) is 0 Å². The highest BCUT2D eigenvalue weighted by Crippen LogP contribution is 2.21. The minimum atomic E-state index is -3.66. The van der Waals surface area contributed by atoms with E-state index < -0.39 is 33.7 Å². The Labute approximate surface area is 216 Å². The number of benzene rings is 3. The summed E-state index contributed by atoms with van der Waals surface area (Å²) in [5, 5.41) is 5.48. The monoisotopic (exact) mass is 523 g/mol. The van der Waals surface area contributed by atoms with E-state index in [4.69, 9.17) is 0 Å². The van der Waals surface area contributed by atoms with Gasteiger partial charge in [-0.15, -0.1) is 0 Å². The zero-order chi connectivity index (χ0) is 26.3. The number of nitrogens with one attached hydrogen (secondary N) is 3. The second kappa shape index (κ2) is 12.1. The highest BCUT2D eigenvalue weighted by Gasteiger charge is 2.24. The van der Waals surface area contributed by atoms with Crippen molar-refractivity contribution < 1.29 is 22.4 Å². The van der Waals surface area contributed by atoms with Gasteiger partial charge in [0.05, 0.1) is 4.90 Å². The summed E-state index contributed by atoms with van der Waals surface area (Å²) in [6, 6.07) is 19.3. The van der Waals surface area contributed by atoms with E-state index in [0.29, 0.717) is 5.69 Å². The van der Waals surface area contributed by atoms with E-state index >= 15 is 0 Å². The Morgan fingerprint density at radius 1 is 0.865 bits per heavy atom. The Bertz CT molecular complexity index is 1310. The molecular weight excluding hydrogens is 493 g/mol. The first kappa shape index (κ1) is 26.5. The maximum atomic E-state index is 13.3. The van der Waals surface area contributed by atoms with Gasteiger partial charge in [-0.1, -0.05) is 49.6 Å². The van der Waals surface area contributed by atoms with Gasteiger partial charge in [0.25, 0.3) is 5.91 Å². The number of hydrogen-bond acceptors (Lipinski definition) is 4. The Hall–Kier alpha value is -3.56. The summed E-state index contributed by atoms with van der Waals surface area (Å²) in [6.07, 6.45) is 5.05. The Morgan fingerprint density at radius 2 is 1.51 bits per heavy atom. The number of hydrogen-bond donors (Lipinski definition) is 3. The van der Waals surface area contributed by atoms with E-state index in [1.807, 2.05) is 30.3 Å². The van der Waals surface area contributed by atoms with Crippen LogP contribution in [0.4, 0.5) is 10.1 Å². The minimum absolute atomic E-state index is 0.0541. The molecule has 0 radical (unpaired) electrons. The summed E-state index contributed by atoms with van der Waals surface area (Å²) in [5.41, 5.74) is 1.47. The summed E-state index contributed by atoms with van der Waals surface area (Å²) in [6.45, 7) is 0. The first-order valence-electron chi connectivity index (χ1n) is 12.3. The average molecular weight is 524 g/mol. The fraction of sp³-hybridized carbons (Fsp3) is 0.286. The lowest BCUT2D eigenvalue weighted by molar-refractivity contribution is -0.118. The van der Waals surface area contributed by atoms with Crippen LogP contribution in [0.15, 0.2) is 83.8 Å². The van der Waals surface area contributed by atoms with Crippen molar-refractivity contribution in [2.45, 2.75) is 55.5 Å². The molecule has 3 aromatic rings. The van der Waals surface area contributed by atoms with E-state index in [1.165, 1.54) is 48.5 Å². The van der Waals surface area contributed by atoms with Gasteiger partial charge in [-0.3, -0.25) is 9.59 Å². The molecule has 0 unspecified atom stereocenters. The normalized spacial score (nSPS) is 15.1.